The second-order valence-electron chi connectivity index (χ2n) is 6.94. The number of nitrogens with one attached hydrogen (secondary N) is 1. The fraction of sp³-hybridized carbons (Fsp3) is 0.167. The van der Waals surface area contributed by atoms with Gasteiger partial charge in [-0.1, -0.05) is 6.07 Å². The van der Waals surface area contributed by atoms with Crippen molar-refractivity contribution in [2.75, 3.05) is 38.7 Å². The number of thiophene rings is 1. The predicted molar refractivity (Wildman–Crippen MR) is 126 cm³/mol. The molecule has 1 N–H and O–H groups in total. The highest BCUT2D eigenvalue weighted by atomic mass is 32.1. The molecule has 4 rings (SSSR count). The van der Waals surface area contributed by atoms with Gasteiger partial charge in [-0.15, -0.1) is 11.3 Å². The van der Waals surface area contributed by atoms with Crippen LogP contribution < -0.4 is 29.2 Å². The SMILES string of the molecule is COc1cc(NC2=C(c3cccs3)C(=O)N(c3ccc(OC)cc3OC)C2=O)cc(OC)c1. The van der Waals surface area contributed by atoms with E-state index in [4.69, 9.17) is 18.9 Å². The van der Waals surface area contributed by atoms with E-state index in [9.17, 15) is 9.59 Å². The first-order valence-corrected chi connectivity index (χ1v) is 10.8. The van der Waals surface area contributed by atoms with Crippen LogP contribution in [-0.2, 0) is 9.59 Å². The summed E-state index contributed by atoms with van der Waals surface area (Å²) in [6.45, 7) is 0. The van der Waals surface area contributed by atoms with E-state index < -0.39 is 11.8 Å². The zero-order chi connectivity index (χ0) is 23.5. The summed E-state index contributed by atoms with van der Waals surface area (Å²) in [7, 11) is 6.08. The molecule has 1 aromatic heterocycles. The molecule has 0 bridgehead atoms. The number of ether oxygens (including phenoxy) is 4. The molecule has 33 heavy (non-hydrogen) atoms. The number of nitrogens with zero attached hydrogens (tertiary/aromatic N) is 1. The Labute approximate surface area is 194 Å². The van der Waals surface area contributed by atoms with Gasteiger partial charge in [-0.05, 0) is 23.6 Å². The first kappa shape index (κ1) is 22.2. The first-order chi connectivity index (χ1) is 16.0. The Morgan fingerprint density at radius 1 is 0.788 bits per heavy atom. The van der Waals surface area contributed by atoms with E-state index in [1.54, 1.807) is 42.5 Å². The van der Waals surface area contributed by atoms with Crippen LogP contribution in [-0.4, -0.2) is 40.3 Å². The molecule has 0 saturated heterocycles. The summed E-state index contributed by atoms with van der Waals surface area (Å²) in [5, 5.41) is 4.97. The van der Waals surface area contributed by atoms with Crippen LogP contribution >= 0.6 is 11.3 Å². The minimum absolute atomic E-state index is 0.149. The van der Waals surface area contributed by atoms with Crippen LogP contribution in [0.5, 0.6) is 23.0 Å². The van der Waals surface area contributed by atoms with Gasteiger partial charge in [-0.25, -0.2) is 4.90 Å². The van der Waals surface area contributed by atoms with Crippen molar-refractivity contribution in [1.29, 1.82) is 0 Å². The fourth-order valence-electron chi connectivity index (χ4n) is 3.51. The van der Waals surface area contributed by atoms with Crippen molar-refractivity contribution in [1.82, 2.24) is 0 Å². The summed E-state index contributed by atoms with van der Waals surface area (Å²) in [6, 6.07) is 13.7. The smallest absolute Gasteiger partial charge is 0.282 e. The molecule has 3 aromatic rings. The topological polar surface area (TPSA) is 86.3 Å². The summed E-state index contributed by atoms with van der Waals surface area (Å²) in [6.07, 6.45) is 0. The Bertz CT molecular complexity index is 1210. The highest BCUT2D eigenvalue weighted by Gasteiger charge is 2.42. The number of hydrogen-bond donors (Lipinski definition) is 1. The van der Waals surface area contributed by atoms with Crippen LogP contribution in [0.15, 0.2) is 59.6 Å². The largest absolute Gasteiger partial charge is 0.497 e. The van der Waals surface area contributed by atoms with E-state index in [-0.39, 0.29) is 11.3 Å². The molecule has 2 heterocycles. The molecule has 0 aliphatic carbocycles. The molecule has 1 aliphatic rings. The van der Waals surface area contributed by atoms with Crippen molar-refractivity contribution in [2.24, 2.45) is 0 Å². The van der Waals surface area contributed by atoms with Gasteiger partial charge in [0, 0.05) is 34.8 Å². The molecule has 0 unspecified atom stereocenters. The molecule has 8 nitrogen and oxygen atoms in total. The van der Waals surface area contributed by atoms with Crippen molar-refractivity contribution >= 4 is 40.1 Å². The van der Waals surface area contributed by atoms with Gasteiger partial charge in [-0.2, -0.15) is 0 Å². The molecule has 170 valence electrons. The lowest BCUT2D eigenvalue weighted by Crippen LogP contribution is -2.32. The highest BCUT2D eigenvalue weighted by Crippen LogP contribution is 2.40. The molecule has 9 heteroatoms. The third-order valence-electron chi connectivity index (χ3n) is 5.10. The summed E-state index contributed by atoms with van der Waals surface area (Å²) < 4.78 is 21.3. The second kappa shape index (κ2) is 9.25. The van der Waals surface area contributed by atoms with Crippen molar-refractivity contribution in [3.8, 4) is 23.0 Å². The Morgan fingerprint density at radius 3 is 2.06 bits per heavy atom. The number of carbonyl (C=O) groups excluding carboxylic acids is 2. The summed E-state index contributed by atoms with van der Waals surface area (Å²) in [4.78, 5) is 28.9. The lowest BCUT2D eigenvalue weighted by molar-refractivity contribution is -0.120. The van der Waals surface area contributed by atoms with Crippen molar-refractivity contribution in [3.05, 3.63) is 64.5 Å². The zero-order valence-corrected chi connectivity index (χ0v) is 19.3. The quantitative estimate of drug-likeness (QED) is 0.499. The Balaban J connectivity index is 1.81. The van der Waals surface area contributed by atoms with Crippen LogP contribution in [0.2, 0.25) is 0 Å². The van der Waals surface area contributed by atoms with E-state index >= 15 is 0 Å². The number of imide groups is 1. The Hall–Kier alpha value is -3.98. The molecule has 0 radical (unpaired) electrons. The zero-order valence-electron chi connectivity index (χ0n) is 18.5. The number of anilines is 2. The maximum Gasteiger partial charge on any atom is 0.282 e. The van der Waals surface area contributed by atoms with Crippen molar-refractivity contribution in [2.45, 2.75) is 0 Å². The van der Waals surface area contributed by atoms with Crippen LogP contribution in [0, 0.1) is 0 Å². The number of amides is 2. The normalized spacial score (nSPS) is 13.4. The maximum absolute atomic E-state index is 13.6. The lowest BCUT2D eigenvalue weighted by Gasteiger charge is -2.19. The van der Waals surface area contributed by atoms with Gasteiger partial charge in [0.1, 0.15) is 28.7 Å². The van der Waals surface area contributed by atoms with Gasteiger partial charge in [-0.3, -0.25) is 9.59 Å². The monoisotopic (exact) mass is 466 g/mol. The van der Waals surface area contributed by atoms with Gasteiger partial charge in [0.05, 0.1) is 39.7 Å². The molecule has 0 fully saturated rings. The average molecular weight is 467 g/mol. The molecule has 0 atom stereocenters. The van der Waals surface area contributed by atoms with Gasteiger partial charge < -0.3 is 24.3 Å². The fourth-order valence-corrected chi connectivity index (χ4v) is 4.28. The predicted octanol–water partition coefficient (Wildman–Crippen LogP) is 4.18. The molecule has 0 spiro atoms. The summed E-state index contributed by atoms with van der Waals surface area (Å²) in [5.41, 5.74) is 1.28. The Kier molecular flexibility index (Phi) is 6.23. The van der Waals surface area contributed by atoms with E-state index in [2.05, 4.69) is 5.32 Å². The number of hydrogen-bond acceptors (Lipinski definition) is 8. The van der Waals surface area contributed by atoms with Crippen molar-refractivity contribution in [3.63, 3.8) is 0 Å². The van der Waals surface area contributed by atoms with Crippen LogP contribution in [0.25, 0.3) is 5.57 Å². The molecular formula is C24H22N2O6S. The van der Waals surface area contributed by atoms with Crippen LogP contribution in [0.3, 0.4) is 0 Å². The van der Waals surface area contributed by atoms with Crippen molar-refractivity contribution < 1.29 is 28.5 Å². The molecule has 2 aromatic carbocycles. The molecule has 2 amide bonds. The Morgan fingerprint density at radius 2 is 1.48 bits per heavy atom. The minimum atomic E-state index is -0.506. The minimum Gasteiger partial charge on any atom is -0.497 e. The number of methoxy groups -OCH3 is 4. The number of carbonyl (C=O) groups is 2. The molecule has 0 saturated carbocycles. The summed E-state index contributed by atoms with van der Waals surface area (Å²) >= 11 is 1.37. The average Bonchev–Trinajstić information content (AvgIpc) is 3.45. The van der Waals surface area contributed by atoms with E-state index in [1.807, 2.05) is 11.4 Å². The lowest BCUT2D eigenvalue weighted by atomic mass is 10.1. The van der Waals surface area contributed by atoms with Gasteiger partial charge >= 0.3 is 0 Å². The molecular weight excluding hydrogens is 444 g/mol. The number of rotatable bonds is 8. The van der Waals surface area contributed by atoms with E-state index in [1.165, 1.54) is 39.8 Å². The second-order valence-corrected chi connectivity index (χ2v) is 7.88. The van der Waals surface area contributed by atoms with Crippen LogP contribution in [0.1, 0.15) is 4.88 Å². The molecule has 1 aliphatic heterocycles. The van der Waals surface area contributed by atoms with Gasteiger partial charge in [0.15, 0.2) is 0 Å². The van der Waals surface area contributed by atoms with Crippen LogP contribution in [0.4, 0.5) is 11.4 Å². The standard InChI is InChI=1S/C24H22N2O6S/c1-29-15-7-8-18(19(13-15)32-4)26-23(27)21(20-6-5-9-33-20)22(24(26)28)25-14-10-16(30-2)12-17(11-14)31-3/h5-13,25H,1-4H3. The number of benzene rings is 2. The highest BCUT2D eigenvalue weighted by molar-refractivity contribution is 7.11. The maximum atomic E-state index is 13.6. The third kappa shape index (κ3) is 4.10. The third-order valence-corrected chi connectivity index (χ3v) is 5.99. The summed E-state index contributed by atoms with van der Waals surface area (Å²) in [5.74, 6) is 1.01. The first-order valence-electron chi connectivity index (χ1n) is 9.89. The van der Waals surface area contributed by atoms with E-state index in [0.29, 0.717) is 39.2 Å². The van der Waals surface area contributed by atoms with Gasteiger partial charge in [0.25, 0.3) is 11.8 Å². The van der Waals surface area contributed by atoms with Gasteiger partial charge in [0.2, 0.25) is 0 Å². The van der Waals surface area contributed by atoms with E-state index in [0.717, 1.165) is 4.90 Å².